The third-order valence-electron chi connectivity index (χ3n) is 6.33. The highest BCUT2D eigenvalue weighted by Gasteiger charge is 2.20. The maximum Gasteiger partial charge on any atom is 0.162 e. The fraction of sp³-hybridized carbons (Fsp3) is 0.276. The highest BCUT2D eigenvalue weighted by atomic mass is 16.5. The fourth-order valence-electron chi connectivity index (χ4n) is 4.57. The van der Waals surface area contributed by atoms with Gasteiger partial charge in [0.1, 0.15) is 29.7 Å². The Kier molecular flexibility index (Phi) is 6.36. The number of anilines is 1. The number of benzene rings is 3. The molecule has 6 nitrogen and oxygen atoms in total. The quantitative estimate of drug-likeness (QED) is 0.324. The van der Waals surface area contributed by atoms with Crippen molar-refractivity contribution in [1.29, 1.82) is 0 Å². The minimum Gasteiger partial charge on any atom is -0.497 e. The number of rotatable bonds is 6. The first kappa shape index (κ1) is 22.8. The first-order valence-corrected chi connectivity index (χ1v) is 12.0. The van der Waals surface area contributed by atoms with E-state index in [1.165, 1.54) is 0 Å². The lowest BCUT2D eigenvalue weighted by molar-refractivity contribution is 0.0982. The number of hydrogen-bond acceptors (Lipinski definition) is 6. The molecule has 0 spiro atoms. The number of aromatic nitrogens is 2. The normalized spacial score (nSPS) is 13.2. The van der Waals surface area contributed by atoms with Gasteiger partial charge >= 0.3 is 0 Å². The van der Waals surface area contributed by atoms with Crippen molar-refractivity contribution in [3.8, 4) is 22.6 Å². The molecular weight excluding hydrogens is 438 g/mol. The van der Waals surface area contributed by atoms with Gasteiger partial charge in [0, 0.05) is 35.5 Å². The molecule has 0 saturated carbocycles. The molecule has 0 radical (unpaired) electrons. The Labute approximate surface area is 205 Å². The van der Waals surface area contributed by atoms with E-state index in [4.69, 9.17) is 14.5 Å². The van der Waals surface area contributed by atoms with E-state index in [-0.39, 0.29) is 5.78 Å². The van der Waals surface area contributed by atoms with Crippen LogP contribution in [0.1, 0.15) is 41.5 Å². The lowest BCUT2D eigenvalue weighted by Gasteiger charge is -2.23. The maximum atomic E-state index is 12.4. The van der Waals surface area contributed by atoms with Crippen molar-refractivity contribution < 1.29 is 14.3 Å². The van der Waals surface area contributed by atoms with E-state index >= 15 is 0 Å². The van der Waals surface area contributed by atoms with E-state index in [2.05, 4.69) is 28.1 Å². The largest absolute Gasteiger partial charge is 0.497 e. The number of ether oxygens (including phenoxy) is 2. The molecule has 0 saturated heterocycles. The number of hydrogen-bond donors (Lipinski definition) is 0. The Morgan fingerprint density at radius 2 is 1.91 bits per heavy atom. The fourth-order valence-corrected chi connectivity index (χ4v) is 4.57. The molecular formula is C29H29N3O3. The number of carbonyl (C=O) groups excluding carboxylic acids is 1. The summed E-state index contributed by atoms with van der Waals surface area (Å²) in [6.07, 6.45) is 1.41. The molecule has 178 valence electrons. The van der Waals surface area contributed by atoms with Crippen molar-refractivity contribution in [2.45, 2.75) is 33.2 Å². The molecule has 0 atom stereocenters. The summed E-state index contributed by atoms with van der Waals surface area (Å²) in [6.45, 7) is 5.88. The molecule has 2 heterocycles. The minimum atomic E-state index is 0.182. The van der Waals surface area contributed by atoms with Crippen molar-refractivity contribution in [1.82, 2.24) is 9.97 Å². The van der Waals surface area contributed by atoms with Gasteiger partial charge in [-0.1, -0.05) is 31.2 Å². The first-order valence-electron chi connectivity index (χ1n) is 12.0. The van der Waals surface area contributed by atoms with Crippen LogP contribution >= 0.6 is 0 Å². The lowest BCUT2D eigenvalue weighted by atomic mass is 9.98. The molecule has 1 aliphatic heterocycles. The van der Waals surface area contributed by atoms with Gasteiger partial charge in [-0.25, -0.2) is 9.97 Å². The summed E-state index contributed by atoms with van der Waals surface area (Å²) in [6, 6.07) is 20.1. The highest BCUT2D eigenvalue weighted by Crippen LogP contribution is 2.33. The zero-order chi connectivity index (χ0) is 24.4. The van der Waals surface area contributed by atoms with Crippen LogP contribution in [0.4, 0.5) is 5.82 Å². The summed E-state index contributed by atoms with van der Waals surface area (Å²) in [4.78, 5) is 24.1. The molecule has 0 N–H and O–H groups in total. The molecule has 0 amide bonds. The van der Waals surface area contributed by atoms with Gasteiger partial charge in [-0.2, -0.15) is 0 Å². The average molecular weight is 468 g/mol. The van der Waals surface area contributed by atoms with Gasteiger partial charge in [-0.15, -0.1) is 0 Å². The molecule has 35 heavy (non-hydrogen) atoms. The van der Waals surface area contributed by atoms with Crippen LogP contribution in [0.5, 0.6) is 11.5 Å². The summed E-state index contributed by atoms with van der Waals surface area (Å²) >= 11 is 0. The molecule has 0 unspecified atom stereocenters. The summed E-state index contributed by atoms with van der Waals surface area (Å²) in [5.74, 6) is 3.44. The van der Waals surface area contributed by atoms with Crippen LogP contribution in [0.25, 0.3) is 22.0 Å². The number of aryl methyl sites for hydroxylation is 1. The van der Waals surface area contributed by atoms with E-state index < -0.39 is 0 Å². The second kappa shape index (κ2) is 9.74. The Morgan fingerprint density at radius 3 is 2.74 bits per heavy atom. The Hall–Kier alpha value is -3.93. The molecule has 1 aromatic heterocycles. The molecule has 0 fully saturated rings. The molecule has 4 aromatic rings. The number of methoxy groups -OCH3 is 1. The summed E-state index contributed by atoms with van der Waals surface area (Å²) in [7, 11) is 1.66. The Morgan fingerprint density at radius 1 is 1.06 bits per heavy atom. The molecule has 1 aliphatic rings. The third kappa shape index (κ3) is 4.69. The van der Waals surface area contributed by atoms with Crippen molar-refractivity contribution in [3.63, 3.8) is 0 Å². The average Bonchev–Trinajstić information content (AvgIpc) is 3.10. The summed E-state index contributed by atoms with van der Waals surface area (Å²) in [5.41, 5.74) is 4.80. The zero-order valence-corrected chi connectivity index (χ0v) is 20.4. The molecule has 0 aliphatic carbocycles. The van der Waals surface area contributed by atoms with Gasteiger partial charge < -0.3 is 14.4 Å². The van der Waals surface area contributed by atoms with E-state index in [1.807, 2.05) is 56.3 Å². The van der Waals surface area contributed by atoms with Crippen LogP contribution in [0.3, 0.4) is 0 Å². The van der Waals surface area contributed by atoms with Gasteiger partial charge in [0.15, 0.2) is 5.78 Å². The van der Waals surface area contributed by atoms with Gasteiger partial charge in [-0.05, 0) is 54.8 Å². The topological polar surface area (TPSA) is 64.6 Å². The second-order valence-electron chi connectivity index (χ2n) is 8.82. The molecule has 3 aromatic carbocycles. The number of nitrogens with zero attached hydrogens (tertiary/aromatic N) is 3. The SMILES string of the molecule is CCCC(=O)c1cccc(-c2ccc3c(c2)CN(c2nc(C)nc4cc(OC)ccc24)CCO3)c1. The monoisotopic (exact) mass is 467 g/mol. The standard InChI is InChI=1S/C29H29N3O3/c1-4-6-27(33)22-8-5-7-20(15-22)21-9-12-28-23(16-21)18-32(13-14-35-28)29-25-11-10-24(34-3)17-26(25)30-19(2)31-29/h5,7-12,15-17H,4,6,13-14,18H2,1-3H3. The van der Waals surface area contributed by atoms with Gasteiger partial charge in [0.05, 0.1) is 19.2 Å². The number of Topliss-reactive ketones (excluding diaryl/α,β-unsaturated/α-hetero) is 1. The summed E-state index contributed by atoms with van der Waals surface area (Å²) in [5, 5.41) is 0.984. The van der Waals surface area contributed by atoms with Crippen molar-refractivity contribution in [3.05, 3.63) is 77.6 Å². The van der Waals surface area contributed by atoms with E-state index in [1.54, 1.807) is 7.11 Å². The second-order valence-corrected chi connectivity index (χ2v) is 8.82. The maximum absolute atomic E-state index is 12.4. The first-order chi connectivity index (χ1) is 17.1. The number of ketones is 1. The van der Waals surface area contributed by atoms with Crippen LogP contribution in [-0.2, 0) is 6.54 Å². The predicted molar refractivity (Wildman–Crippen MR) is 138 cm³/mol. The zero-order valence-electron chi connectivity index (χ0n) is 20.4. The van der Waals surface area contributed by atoms with Crippen molar-refractivity contribution in [2.24, 2.45) is 0 Å². The molecule has 0 bridgehead atoms. The Balaban J connectivity index is 1.51. The highest BCUT2D eigenvalue weighted by molar-refractivity contribution is 5.97. The van der Waals surface area contributed by atoms with Crippen LogP contribution in [-0.4, -0.2) is 36.0 Å². The predicted octanol–water partition coefficient (Wildman–Crippen LogP) is 6.00. The van der Waals surface area contributed by atoms with E-state index in [0.717, 1.165) is 56.9 Å². The lowest BCUT2D eigenvalue weighted by Crippen LogP contribution is -2.26. The molecule has 6 heteroatoms. The van der Waals surface area contributed by atoms with Crippen LogP contribution in [0.15, 0.2) is 60.7 Å². The molecule has 5 rings (SSSR count). The van der Waals surface area contributed by atoms with Gasteiger partial charge in [0.2, 0.25) is 0 Å². The number of fused-ring (bicyclic) bond motifs is 2. The van der Waals surface area contributed by atoms with Crippen molar-refractivity contribution in [2.75, 3.05) is 25.2 Å². The summed E-state index contributed by atoms with van der Waals surface area (Å²) < 4.78 is 11.5. The third-order valence-corrected chi connectivity index (χ3v) is 6.33. The minimum absolute atomic E-state index is 0.182. The smallest absolute Gasteiger partial charge is 0.162 e. The van der Waals surface area contributed by atoms with Crippen LogP contribution in [0.2, 0.25) is 0 Å². The van der Waals surface area contributed by atoms with Gasteiger partial charge in [0.25, 0.3) is 0 Å². The number of carbonyl (C=O) groups is 1. The van der Waals surface area contributed by atoms with E-state index in [0.29, 0.717) is 31.9 Å². The van der Waals surface area contributed by atoms with Crippen molar-refractivity contribution >= 4 is 22.5 Å². The van der Waals surface area contributed by atoms with Gasteiger partial charge in [-0.3, -0.25) is 4.79 Å². The van der Waals surface area contributed by atoms with E-state index in [9.17, 15) is 4.79 Å². The van der Waals surface area contributed by atoms with Crippen LogP contribution < -0.4 is 14.4 Å². The Bertz CT molecular complexity index is 1400. The van der Waals surface area contributed by atoms with Crippen LogP contribution in [0, 0.1) is 6.92 Å².